The molecule has 49 heavy (non-hydrogen) atoms. The van der Waals surface area contributed by atoms with E-state index in [1.54, 1.807) is 0 Å². The number of alkyl halides is 1. The number of halogens is 1. The molecular weight excluding hydrogens is 633 g/mol. The Morgan fingerprint density at radius 1 is 0.918 bits per heavy atom. The molecule has 0 saturated carbocycles. The number of nitrogens with zero attached hydrogens (tertiary/aromatic N) is 2. The van der Waals surface area contributed by atoms with Gasteiger partial charge in [0.25, 0.3) is 5.91 Å². The lowest BCUT2D eigenvalue weighted by molar-refractivity contribution is -0.174. The lowest BCUT2D eigenvalue weighted by Gasteiger charge is -2.32. The standard InChI is InChI=1S/C37H52FN3O8/c1-25(2)21-31(36(45)48-26(3)34(43)47-24-28-11-9-8-10-12-28)40(7)33(42)32(49-35(44)30(39-6)23-37(4,5)38)22-27-13-15-29(16-14-27)41-17-19-46-20-18-41/h8-16,25-26,30-32,39H,17-24H2,1-7H3/t26-,30+,31+,32-/m1/s1. The zero-order valence-corrected chi connectivity index (χ0v) is 29.8. The number of benzene rings is 2. The molecule has 0 spiro atoms. The highest BCUT2D eigenvalue weighted by Gasteiger charge is 2.38. The molecular formula is C37H52FN3O8. The van der Waals surface area contributed by atoms with Gasteiger partial charge in [0.1, 0.15) is 24.4 Å². The fraction of sp³-hybridized carbons (Fsp3) is 0.568. The van der Waals surface area contributed by atoms with Crippen molar-refractivity contribution in [2.45, 2.75) is 90.4 Å². The van der Waals surface area contributed by atoms with Crippen molar-refractivity contribution in [3.63, 3.8) is 0 Å². The lowest BCUT2D eigenvalue weighted by Crippen LogP contribution is -2.51. The summed E-state index contributed by atoms with van der Waals surface area (Å²) in [5, 5.41) is 2.79. The van der Waals surface area contributed by atoms with Gasteiger partial charge in [-0.15, -0.1) is 0 Å². The van der Waals surface area contributed by atoms with E-state index in [0.717, 1.165) is 29.9 Å². The number of anilines is 1. The summed E-state index contributed by atoms with van der Waals surface area (Å²) < 4.78 is 36.6. The van der Waals surface area contributed by atoms with Crippen molar-refractivity contribution in [2.24, 2.45) is 5.92 Å². The van der Waals surface area contributed by atoms with Crippen molar-refractivity contribution in [1.29, 1.82) is 0 Å². The smallest absolute Gasteiger partial charge is 0.347 e. The molecule has 0 radical (unpaired) electrons. The Morgan fingerprint density at radius 2 is 1.55 bits per heavy atom. The summed E-state index contributed by atoms with van der Waals surface area (Å²) in [4.78, 5) is 57.0. The number of hydrogen-bond donors (Lipinski definition) is 1. The minimum Gasteiger partial charge on any atom is -0.458 e. The van der Waals surface area contributed by atoms with Gasteiger partial charge < -0.3 is 34.1 Å². The lowest BCUT2D eigenvalue weighted by atomic mass is 10.00. The molecule has 270 valence electrons. The predicted octanol–water partition coefficient (Wildman–Crippen LogP) is 4.25. The molecule has 0 aromatic heterocycles. The second kappa shape index (κ2) is 18.7. The minimum atomic E-state index is -1.68. The largest absolute Gasteiger partial charge is 0.458 e. The molecule has 1 N–H and O–H groups in total. The van der Waals surface area contributed by atoms with Gasteiger partial charge in [-0.05, 0) is 63.4 Å². The van der Waals surface area contributed by atoms with E-state index < -0.39 is 53.8 Å². The number of carbonyl (C=O) groups excluding carboxylic acids is 4. The summed E-state index contributed by atoms with van der Waals surface area (Å²) in [5.74, 6) is -2.98. The van der Waals surface area contributed by atoms with E-state index in [-0.39, 0.29) is 31.8 Å². The average Bonchev–Trinajstić information content (AvgIpc) is 3.08. The Bertz CT molecular complexity index is 1360. The van der Waals surface area contributed by atoms with Crippen molar-refractivity contribution in [3.8, 4) is 0 Å². The second-order valence-electron chi connectivity index (χ2n) is 13.4. The molecule has 1 heterocycles. The Morgan fingerprint density at radius 3 is 2.12 bits per heavy atom. The molecule has 0 bridgehead atoms. The molecule has 12 heteroatoms. The van der Waals surface area contributed by atoms with E-state index in [9.17, 15) is 23.6 Å². The van der Waals surface area contributed by atoms with Crippen LogP contribution >= 0.6 is 0 Å². The number of esters is 3. The SMILES string of the molecule is CN[C@@H](CC(C)(C)F)C(=O)O[C@H](Cc1ccc(N2CCOCC2)cc1)C(=O)N(C)[C@@H](CC(C)C)C(=O)O[C@H](C)C(=O)OCc1ccccc1. The quantitative estimate of drug-likeness (QED) is 0.191. The molecule has 11 nitrogen and oxygen atoms in total. The van der Waals surface area contributed by atoms with E-state index in [0.29, 0.717) is 13.2 Å². The van der Waals surface area contributed by atoms with Gasteiger partial charge in [0.15, 0.2) is 12.2 Å². The minimum absolute atomic E-state index is 0.0133. The number of amides is 1. The van der Waals surface area contributed by atoms with Crippen molar-refractivity contribution in [1.82, 2.24) is 10.2 Å². The number of likely N-dealkylation sites (N-methyl/N-ethyl adjacent to an activating group) is 2. The number of carbonyl (C=O) groups is 4. The van der Waals surface area contributed by atoms with Crippen LogP contribution in [-0.2, 0) is 51.2 Å². The van der Waals surface area contributed by atoms with Gasteiger partial charge in [-0.3, -0.25) is 9.59 Å². The van der Waals surface area contributed by atoms with Crippen LogP contribution in [0.2, 0.25) is 0 Å². The van der Waals surface area contributed by atoms with Crippen molar-refractivity contribution >= 4 is 29.5 Å². The number of morpholine rings is 1. The molecule has 0 unspecified atom stereocenters. The van der Waals surface area contributed by atoms with Crippen LogP contribution in [0.5, 0.6) is 0 Å². The zero-order chi connectivity index (χ0) is 36.1. The van der Waals surface area contributed by atoms with Crippen LogP contribution in [0, 0.1) is 5.92 Å². The van der Waals surface area contributed by atoms with Crippen molar-refractivity contribution < 1.29 is 42.5 Å². The van der Waals surface area contributed by atoms with Crippen LogP contribution in [0.4, 0.5) is 10.1 Å². The zero-order valence-electron chi connectivity index (χ0n) is 29.8. The molecule has 0 aliphatic carbocycles. The van der Waals surface area contributed by atoms with Gasteiger partial charge in [-0.2, -0.15) is 0 Å². The van der Waals surface area contributed by atoms with Gasteiger partial charge in [-0.25, -0.2) is 14.0 Å². The monoisotopic (exact) mass is 685 g/mol. The highest BCUT2D eigenvalue weighted by Crippen LogP contribution is 2.22. The average molecular weight is 686 g/mol. The van der Waals surface area contributed by atoms with Crippen molar-refractivity contribution in [3.05, 3.63) is 65.7 Å². The summed E-state index contributed by atoms with van der Waals surface area (Å²) in [5.41, 5.74) is 0.828. The van der Waals surface area contributed by atoms with Crippen LogP contribution in [-0.4, -0.2) is 99.1 Å². The van der Waals surface area contributed by atoms with Gasteiger partial charge >= 0.3 is 17.9 Å². The van der Waals surface area contributed by atoms with E-state index >= 15 is 0 Å². The van der Waals surface area contributed by atoms with E-state index in [1.165, 1.54) is 39.8 Å². The fourth-order valence-corrected chi connectivity index (χ4v) is 5.46. The van der Waals surface area contributed by atoms with Crippen LogP contribution < -0.4 is 10.2 Å². The molecule has 4 atom stereocenters. The Hall–Kier alpha value is -4.03. The van der Waals surface area contributed by atoms with Crippen molar-refractivity contribution in [2.75, 3.05) is 45.3 Å². The van der Waals surface area contributed by atoms with E-state index in [1.807, 2.05) is 68.4 Å². The highest BCUT2D eigenvalue weighted by molar-refractivity contribution is 5.90. The highest BCUT2D eigenvalue weighted by atomic mass is 19.1. The molecule has 3 rings (SSSR count). The molecule has 1 fully saturated rings. The van der Waals surface area contributed by atoms with Crippen LogP contribution in [0.3, 0.4) is 0 Å². The maximum absolute atomic E-state index is 14.5. The van der Waals surface area contributed by atoms with Gasteiger partial charge in [0, 0.05) is 38.7 Å². The number of ether oxygens (including phenoxy) is 4. The maximum Gasteiger partial charge on any atom is 0.347 e. The number of rotatable bonds is 17. The summed E-state index contributed by atoms with van der Waals surface area (Å²) in [7, 11) is 2.96. The van der Waals surface area contributed by atoms with Crippen LogP contribution in [0.1, 0.15) is 58.6 Å². The first-order valence-electron chi connectivity index (χ1n) is 16.8. The normalized spacial score (nSPS) is 15.9. The summed E-state index contributed by atoms with van der Waals surface area (Å²) >= 11 is 0. The maximum atomic E-state index is 14.5. The van der Waals surface area contributed by atoms with E-state index in [2.05, 4.69) is 10.2 Å². The Balaban J connectivity index is 1.80. The second-order valence-corrected chi connectivity index (χ2v) is 13.4. The van der Waals surface area contributed by atoms with Crippen LogP contribution in [0.15, 0.2) is 54.6 Å². The number of hydrogen-bond acceptors (Lipinski definition) is 10. The molecule has 2 aromatic carbocycles. The molecule has 1 amide bonds. The summed E-state index contributed by atoms with van der Waals surface area (Å²) in [6, 6.07) is 14.6. The van der Waals surface area contributed by atoms with Gasteiger partial charge in [-0.1, -0.05) is 56.3 Å². The first-order chi connectivity index (χ1) is 23.2. The predicted molar refractivity (Wildman–Crippen MR) is 184 cm³/mol. The topological polar surface area (TPSA) is 124 Å². The summed E-state index contributed by atoms with van der Waals surface area (Å²) in [6.45, 7) is 10.7. The van der Waals surface area contributed by atoms with Gasteiger partial charge in [0.05, 0.1) is 13.2 Å². The molecule has 2 aromatic rings. The first kappa shape index (κ1) is 39.4. The number of nitrogens with one attached hydrogen (secondary N) is 1. The summed E-state index contributed by atoms with van der Waals surface area (Å²) in [6.07, 6.45) is -2.50. The third-order valence-electron chi connectivity index (χ3n) is 8.22. The first-order valence-corrected chi connectivity index (χ1v) is 16.8. The van der Waals surface area contributed by atoms with E-state index in [4.69, 9.17) is 18.9 Å². The van der Waals surface area contributed by atoms with Crippen LogP contribution in [0.25, 0.3) is 0 Å². The third-order valence-corrected chi connectivity index (χ3v) is 8.22. The van der Waals surface area contributed by atoms with Gasteiger partial charge in [0.2, 0.25) is 0 Å². The fourth-order valence-electron chi connectivity index (χ4n) is 5.46. The Labute approximate surface area is 289 Å². The molecule has 1 aliphatic heterocycles. The third kappa shape index (κ3) is 12.7. The molecule has 1 saturated heterocycles. The molecule has 1 aliphatic rings. The Kier molecular flexibility index (Phi) is 15.0.